The highest BCUT2D eigenvalue weighted by atomic mass is 16.3. The van der Waals surface area contributed by atoms with Crippen molar-refractivity contribution in [2.75, 3.05) is 0 Å². The van der Waals surface area contributed by atoms with Crippen molar-refractivity contribution < 1.29 is 5.11 Å². The van der Waals surface area contributed by atoms with Crippen LogP contribution in [0, 0.1) is 0 Å². The molecule has 3 aromatic rings. The van der Waals surface area contributed by atoms with Crippen LogP contribution in [0.5, 0.6) is 5.75 Å². The fraction of sp³-hybridized carbons (Fsp3) is 0.250. The normalized spacial score (nSPS) is 14.2. The van der Waals surface area contributed by atoms with E-state index >= 15 is 0 Å². The van der Waals surface area contributed by atoms with Crippen molar-refractivity contribution in [1.29, 1.82) is 0 Å². The molecule has 2 aromatic heterocycles. The van der Waals surface area contributed by atoms with Gasteiger partial charge in [-0.1, -0.05) is 18.2 Å². The molecule has 0 spiro atoms. The number of fused-ring (bicyclic) bond motifs is 1. The van der Waals surface area contributed by atoms with E-state index in [1.807, 2.05) is 40.9 Å². The number of phenols is 1. The lowest BCUT2D eigenvalue weighted by molar-refractivity contribution is 0.466. The predicted octanol–water partition coefficient (Wildman–Crippen LogP) is 2.85. The maximum Gasteiger partial charge on any atom is 0.160 e. The predicted molar refractivity (Wildman–Crippen MR) is 81.1 cm³/mol. The largest absolute Gasteiger partial charge is 0.508 e. The molecule has 0 aliphatic carbocycles. The number of nitrogens with one attached hydrogen (secondary N) is 1. The highest BCUT2D eigenvalue weighted by molar-refractivity contribution is 5.37. The van der Waals surface area contributed by atoms with Crippen molar-refractivity contribution in [2.45, 2.75) is 25.9 Å². The third-order valence-electron chi connectivity index (χ3n) is 3.62. The molecule has 0 aliphatic heterocycles. The van der Waals surface area contributed by atoms with E-state index in [0.717, 1.165) is 17.0 Å². The van der Waals surface area contributed by atoms with Crippen LogP contribution in [0.1, 0.15) is 37.3 Å². The number of rotatable bonds is 4. The summed E-state index contributed by atoms with van der Waals surface area (Å²) in [5.41, 5.74) is 1.96. The molecule has 5 nitrogen and oxygen atoms in total. The minimum atomic E-state index is 0.0613. The van der Waals surface area contributed by atoms with E-state index in [4.69, 9.17) is 0 Å². The molecule has 2 heterocycles. The van der Waals surface area contributed by atoms with E-state index < -0.39 is 0 Å². The van der Waals surface area contributed by atoms with E-state index in [2.05, 4.69) is 29.4 Å². The standard InChI is InChI=1S/C16H18N4O/c1-11(13-6-8-14(21)9-7-13)17-12(2)16-19-18-15-5-3-4-10-20(15)16/h3-12,17,21H,1-2H3. The van der Waals surface area contributed by atoms with Crippen LogP contribution in [0.2, 0.25) is 0 Å². The van der Waals surface area contributed by atoms with E-state index in [1.54, 1.807) is 12.1 Å². The molecule has 3 rings (SSSR count). The number of hydrogen-bond acceptors (Lipinski definition) is 4. The van der Waals surface area contributed by atoms with Crippen molar-refractivity contribution >= 4 is 5.65 Å². The number of nitrogens with zero attached hydrogens (tertiary/aromatic N) is 3. The van der Waals surface area contributed by atoms with Gasteiger partial charge < -0.3 is 10.4 Å². The van der Waals surface area contributed by atoms with Gasteiger partial charge in [-0.3, -0.25) is 4.40 Å². The van der Waals surface area contributed by atoms with E-state index in [1.165, 1.54) is 0 Å². The number of aromatic hydroxyl groups is 1. The van der Waals surface area contributed by atoms with Crippen molar-refractivity contribution in [3.63, 3.8) is 0 Å². The van der Waals surface area contributed by atoms with Crippen LogP contribution in [-0.4, -0.2) is 19.7 Å². The number of pyridine rings is 1. The first-order valence-corrected chi connectivity index (χ1v) is 7.00. The van der Waals surface area contributed by atoms with Crippen LogP contribution in [0.4, 0.5) is 0 Å². The second-order valence-electron chi connectivity index (χ2n) is 5.19. The molecule has 2 atom stereocenters. The first kappa shape index (κ1) is 13.6. The third kappa shape index (κ3) is 2.73. The summed E-state index contributed by atoms with van der Waals surface area (Å²) in [6, 6.07) is 13.3. The molecule has 0 amide bonds. The van der Waals surface area contributed by atoms with Gasteiger partial charge in [0.1, 0.15) is 5.75 Å². The maximum atomic E-state index is 9.35. The van der Waals surface area contributed by atoms with Gasteiger partial charge in [0, 0.05) is 12.2 Å². The molecule has 0 saturated carbocycles. The summed E-state index contributed by atoms with van der Waals surface area (Å²) < 4.78 is 1.99. The summed E-state index contributed by atoms with van der Waals surface area (Å²) in [7, 11) is 0. The Morgan fingerprint density at radius 2 is 1.76 bits per heavy atom. The Hall–Kier alpha value is -2.40. The lowest BCUT2D eigenvalue weighted by Gasteiger charge is -2.19. The zero-order chi connectivity index (χ0) is 14.8. The van der Waals surface area contributed by atoms with Gasteiger partial charge in [0.05, 0.1) is 6.04 Å². The zero-order valence-corrected chi connectivity index (χ0v) is 12.1. The maximum absolute atomic E-state index is 9.35. The summed E-state index contributed by atoms with van der Waals surface area (Å²) in [6.07, 6.45) is 1.97. The van der Waals surface area contributed by atoms with Crippen molar-refractivity contribution in [1.82, 2.24) is 19.9 Å². The molecule has 0 radical (unpaired) electrons. The molecule has 0 aliphatic rings. The van der Waals surface area contributed by atoms with Crippen LogP contribution in [-0.2, 0) is 0 Å². The number of hydrogen-bond donors (Lipinski definition) is 2. The minimum absolute atomic E-state index is 0.0613. The summed E-state index contributed by atoms with van der Waals surface area (Å²) in [4.78, 5) is 0. The molecule has 0 bridgehead atoms. The fourth-order valence-electron chi connectivity index (χ4n) is 2.46. The second-order valence-corrected chi connectivity index (χ2v) is 5.19. The van der Waals surface area contributed by atoms with Crippen LogP contribution >= 0.6 is 0 Å². The van der Waals surface area contributed by atoms with Crippen LogP contribution in [0.15, 0.2) is 48.7 Å². The Labute approximate surface area is 123 Å². The molecular weight excluding hydrogens is 264 g/mol. The zero-order valence-electron chi connectivity index (χ0n) is 12.1. The summed E-state index contributed by atoms with van der Waals surface area (Å²) >= 11 is 0. The van der Waals surface area contributed by atoms with Crippen LogP contribution < -0.4 is 5.32 Å². The van der Waals surface area contributed by atoms with Crippen LogP contribution in [0.3, 0.4) is 0 Å². The van der Waals surface area contributed by atoms with Gasteiger partial charge in [-0.15, -0.1) is 10.2 Å². The summed E-state index contributed by atoms with van der Waals surface area (Å²) in [6.45, 7) is 4.16. The van der Waals surface area contributed by atoms with Gasteiger partial charge >= 0.3 is 0 Å². The topological polar surface area (TPSA) is 62.5 Å². The van der Waals surface area contributed by atoms with Gasteiger partial charge in [0.15, 0.2) is 11.5 Å². The van der Waals surface area contributed by atoms with E-state index in [0.29, 0.717) is 0 Å². The highest BCUT2D eigenvalue weighted by Crippen LogP contribution is 2.20. The van der Waals surface area contributed by atoms with Gasteiger partial charge in [-0.2, -0.15) is 0 Å². The first-order chi connectivity index (χ1) is 10.1. The SMILES string of the molecule is CC(NC(C)c1nnc2ccccn12)c1ccc(O)cc1. The molecule has 2 N–H and O–H groups in total. The molecule has 5 heteroatoms. The monoisotopic (exact) mass is 282 g/mol. The van der Waals surface area contributed by atoms with Crippen molar-refractivity contribution in [2.24, 2.45) is 0 Å². The van der Waals surface area contributed by atoms with E-state index in [-0.39, 0.29) is 17.8 Å². The van der Waals surface area contributed by atoms with Gasteiger partial charge in [-0.25, -0.2) is 0 Å². The second kappa shape index (κ2) is 5.54. The fourth-order valence-corrected chi connectivity index (χ4v) is 2.46. The lowest BCUT2D eigenvalue weighted by atomic mass is 10.1. The Bertz CT molecular complexity index is 735. The molecule has 0 saturated heterocycles. The molecule has 108 valence electrons. The van der Waals surface area contributed by atoms with Gasteiger partial charge in [-0.05, 0) is 43.7 Å². The third-order valence-corrected chi connectivity index (χ3v) is 3.62. The van der Waals surface area contributed by atoms with Crippen molar-refractivity contribution in [3.8, 4) is 5.75 Å². The molecule has 1 aromatic carbocycles. The molecule has 2 unspecified atom stereocenters. The molecule has 21 heavy (non-hydrogen) atoms. The molecular formula is C16H18N4O. The lowest BCUT2D eigenvalue weighted by Crippen LogP contribution is -2.24. The van der Waals surface area contributed by atoms with Crippen LogP contribution in [0.25, 0.3) is 5.65 Å². The average Bonchev–Trinajstić information content (AvgIpc) is 2.92. The Morgan fingerprint density at radius 3 is 2.52 bits per heavy atom. The number of phenolic OH excluding ortho intramolecular Hbond substituents is 1. The van der Waals surface area contributed by atoms with E-state index in [9.17, 15) is 5.11 Å². The van der Waals surface area contributed by atoms with Gasteiger partial charge in [0.25, 0.3) is 0 Å². The minimum Gasteiger partial charge on any atom is -0.508 e. The number of benzene rings is 1. The molecule has 0 fully saturated rings. The summed E-state index contributed by atoms with van der Waals surface area (Å²) in [5, 5.41) is 21.3. The Kier molecular flexibility index (Phi) is 3.58. The highest BCUT2D eigenvalue weighted by Gasteiger charge is 2.16. The first-order valence-electron chi connectivity index (χ1n) is 7.00. The number of aromatic nitrogens is 3. The Balaban J connectivity index is 1.79. The van der Waals surface area contributed by atoms with Gasteiger partial charge in [0.2, 0.25) is 0 Å². The summed E-state index contributed by atoms with van der Waals surface area (Å²) in [5.74, 6) is 1.17. The quantitative estimate of drug-likeness (QED) is 0.772. The Morgan fingerprint density at radius 1 is 1.00 bits per heavy atom. The van der Waals surface area contributed by atoms with Crippen molar-refractivity contribution in [3.05, 3.63) is 60.0 Å². The smallest absolute Gasteiger partial charge is 0.160 e. The average molecular weight is 282 g/mol.